The molecule has 0 unspecified atom stereocenters. The Labute approximate surface area is 131 Å². The lowest BCUT2D eigenvalue weighted by Gasteiger charge is -2.32. The van der Waals surface area contributed by atoms with Gasteiger partial charge in [-0.25, -0.2) is 4.79 Å². The van der Waals surface area contributed by atoms with E-state index in [1.807, 2.05) is 0 Å². The van der Waals surface area contributed by atoms with Gasteiger partial charge in [0.15, 0.2) is 0 Å². The number of alkyl halides is 1. The van der Waals surface area contributed by atoms with E-state index in [-0.39, 0.29) is 17.8 Å². The first kappa shape index (κ1) is 16.8. The smallest absolute Gasteiger partial charge is 0.405 e. The van der Waals surface area contributed by atoms with Gasteiger partial charge in [-0.05, 0) is 26.0 Å². The fourth-order valence-corrected chi connectivity index (χ4v) is 2.28. The van der Waals surface area contributed by atoms with Crippen LogP contribution in [0.2, 0.25) is 5.02 Å². The van der Waals surface area contributed by atoms with E-state index < -0.39 is 11.7 Å². The lowest BCUT2D eigenvalue weighted by atomic mass is 10.1. The van der Waals surface area contributed by atoms with Crippen LogP contribution >= 0.6 is 27.5 Å². The van der Waals surface area contributed by atoms with Crippen molar-refractivity contribution in [2.45, 2.75) is 19.4 Å². The molecule has 0 bridgehead atoms. The Kier molecular flexibility index (Phi) is 5.83. The van der Waals surface area contributed by atoms with Gasteiger partial charge in [0.1, 0.15) is 5.60 Å². The topological polar surface area (TPSA) is 72.6 Å². The summed E-state index contributed by atoms with van der Waals surface area (Å²) in [5.74, 6) is -0.195. The molecule has 0 aliphatic heterocycles. The lowest BCUT2D eigenvalue weighted by molar-refractivity contribution is -0.116. The molecule has 2 amide bonds. The second-order valence-electron chi connectivity index (χ2n) is 4.75. The van der Waals surface area contributed by atoms with Gasteiger partial charge in [-0.2, -0.15) is 0 Å². The molecular weight excluding hydrogens is 348 g/mol. The summed E-state index contributed by atoms with van der Waals surface area (Å²) in [7, 11) is 0. The molecule has 0 radical (unpaired) electrons. The third kappa shape index (κ3) is 4.68. The molecule has 0 aliphatic rings. The number of rotatable bonds is 5. The second-order valence-corrected chi connectivity index (χ2v) is 5.71. The molecule has 7 heteroatoms. The van der Waals surface area contributed by atoms with Crippen LogP contribution < -0.4 is 10.6 Å². The normalized spacial score (nSPS) is 11.0. The number of hydrogen-bond donors (Lipinski definition) is 1. The first-order valence-corrected chi connectivity index (χ1v) is 7.36. The quantitative estimate of drug-likeness (QED) is 0.818. The predicted octanol–water partition coefficient (Wildman–Crippen LogP) is 2.94. The first-order valence-electron chi connectivity index (χ1n) is 5.86. The minimum atomic E-state index is -0.928. The van der Waals surface area contributed by atoms with Gasteiger partial charge < -0.3 is 15.4 Å². The van der Waals surface area contributed by atoms with Gasteiger partial charge in [-0.1, -0.05) is 39.7 Å². The SMILES string of the molecule is CC(C)(CN(C(=O)CBr)c1ccccc1Cl)OC(N)=O. The summed E-state index contributed by atoms with van der Waals surface area (Å²) in [5.41, 5.74) is 4.66. The van der Waals surface area contributed by atoms with Crippen LogP contribution in [0.4, 0.5) is 10.5 Å². The number of hydrogen-bond acceptors (Lipinski definition) is 3. The van der Waals surface area contributed by atoms with Crippen LogP contribution in [0.25, 0.3) is 0 Å². The van der Waals surface area contributed by atoms with Crippen molar-refractivity contribution in [1.82, 2.24) is 0 Å². The third-order valence-electron chi connectivity index (χ3n) is 2.47. The number of halogens is 2. The van der Waals surface area contributed by atoms with Crippen molar-refractivity contribution in [1.29, 1.82) is 0 Å². The molecule has 2 N–H and O–H groups in total. The summed E-state index contributed by atoms with van der Waals surface area (Å²) in [4.78, 5) is 24.4. The van der Waals surface area contributed by atoms with Gasteiger partial charge in [0.05, 0.1) is 22.6 Å². The number of nitrogens with zero attached hydrogens (tertiary/aromatic N) is 1. The Morgan fingerprint density at radius 3 is 2.50 bits per heavy atom. The van der Waals surface area contributed by atoms with Crippen LogP contribution in [0.5, 0.6) is 0 Å². The summed E-state index contributed by atoms with van der Waals surface area (Å²) in [6.45, 7) is 3.48. The molecule has 0 spiro atoms. The van der Waals surface area contributed by atoms with E-state index in [1.54, 1.807) is 38.1 Å². The van der Waals surface area contributed by atoms with Crippen LogP contribution in [-0.2, 0) is 9.53 Å². The van der Waals surface area contributed by atoms with E-state index in [1.165, 1.54) is 4.90 Å². The number of nitrogens with two attached hydrogens (primary N) is 1. The number of carbonyl (C=O) groups is 2. The van der Waals surface area contributed by atoms with Crippen LogP contribution in [-0.4, -0.2) is 29.5 Å². The van der Waals surface area contributed by atoms with E-state index in [0.717, 1.165) is 0 Å². The highest BCUT2D eigenvalue weighted by Gasteiger charge is 2.29. The van der Waals surface area contributed by atoms with Crippen molar-refractivity contribution >= 4 is 45.2 Å². The average Bonchev–Trinajstić information content (AvgIpc) is 2.34. The Bertz CT molecular complexity index is 508. The fraction of sp³-hybridized carbons (Fsp3) is 0.385. The third-order valence-corrected chi connectivity index (χ3v) is 3.27. The Hall–Kier alpha value is -1.27. The summed E-state index contributed by atoms with van der Waals surface area (Å²) >= 11 is 9.24. The zero-order chi connectivity index (χ0) is 15.3. The van der Waals surface area contributed by atoms with Gasteiger partial charge in [0.2, 0.25) is 5.91 Å². The summed E-state index contributed by atoms with van der Waals surface area (Å²) < 4.78 is 5.01. The predicted molar refractivity (Wildman–Crippen MR) is 82.3 cm³/mol. The van der Waals surface area contributed by atoms with Crippen LogP contribution in [0.3, 0.4) is 0 Å². The van der Waals surface area contributed by atoms with Crippen molar-refractivity contribution in [3.05, 3.63) is 29.3 Å². The van der Waals surface area contributed by atoms with E-state index in [0.29, 0.717) is 10.7 Å². The zero-order valence-electron chi connectivity index (χ0n) is 11.2. The Morgan fingerprint density at radius 1 is 1.40 bits per heavy atom. The van der Waals surface area contributed by atoms with Gasteiger partial charge in [-0.15, -0.1) is 0 Å². The molecule has 1 rings (SSSR count). The molecule has 110 valence electrons. The van der Waals surface area contributed by atoms with Gasteiger partial charge in [-0.3, -0.25) is 4.79 Å². The van der Waals surface area contributed by atoms with Crippen LogP contribution in [0.15, 0.2) is 24.3 Å². The number of para-hydroxylation sites is 1. The molecule has 0 heterocycles. The Balaban J connectivity index is 3.06. The molecule has 0 aliphatic carbocycles. The zero-order valence-corrected chi connectivity index (χ0v) is 13.6. The van der Waals surface area contributed by atoms with E-state index in [4.69, 9.17) is 22.1 Å². The number of benzene rings is 1. The maximum absolute atomic E-state index is 12.1. The highest BCUT2D eigenvalue weighted by atomic mass is 79.9. The molecule has 20 heavy (non-hydrogen) atoms. The summed E-state index contributed by atoms with van der Waals surface area (Å²) in [6.07, 6.45) is -0.889. The van der Waals surface area contributed by atoms with Crippen molar-refractivity contribution in [2.24, 2.45) is 5.73 Å². The highest BCUT2D eigenvalue weighted by molar-refractivity contribution is 9.09. The maximum Gasteiger partial charge on any atom is 0.405 e. The standard InChI is InChI=1S/C13H16BrClN2O3/c1-13(2,20-12(16)19)8-17(11(18)7-14)10-6-4-3-5-9(10)15/h3-6H,7-8H2,1-2H3,(H2,16,19). The highest BCUT2D eigenvalue weighted by Crippen LogP contribution is 2.27. The number of anilines is 1. The molecule has 0 saturated carbocycles. The van der Waals surface area contributed by atoms with E-state index in [9.17, 15) is 9.59 Å². The summed E-state index contributed by atoms with van der Waals surface area (Å²) in [5, 5.41) is 0.571. The van der Waals surface area contributed by atoms with Crippen molar-refractivity contribution in [3.63, 3.8) is 0 Å². The van der Waals surface area contributed by atoms with Crippen molar-refractivity contribution < 1.29 is 14.3 Å². The molecule has 1 aromatic rings. The maximum atomic E-state index is 12.1. The lowest BCUT2D eigenvalue weighted by Crippen LogP contribution is -2.46. The number of carbonyl (C=O) groups excluding carboxylic acids is 2. The van der Waals surface area contributed by atoms with Gasteiger partial charge in [0.25, 0.3) is 0 Å². The molecular formula is C13H16BrClN2O3. The van der Waals surface area contributed by atoms with Gasteiger partial charge in [0, 0.05) is 0 Å². The minimum Gasteiger partial charge on any atom is -0.442 e. The van der Waals surface area contributed by atoms with Crippen molar-refractivity contribution in [3.8, 4) is 0 Å². The molecule has 0 aromatic heterocycles. The van der Waals surface area contributed by atoms with Gasteiger partial charge >= 0.3 is 6.09 Å². The first-order chi connectivity index (χ1) is 9.26. The molecule has 5 nitrogen and oxygen atoms in total. The summed E-state index contributed by atoms with van der Waals surface area (Å²) in [6, 6.07) is 6.96. The second kappa shape index (κ2) is 6.95. The van der Waals surface area contributed by atoms with E-state index >= 15 is 0 Å². The van der Waals surface area contributed by atoms with Crippen LogP contribution in [0.1, 0.15) is 13.8 Å². The monoisotopic (exact) mass is 362 g/mol. The fourth-order valence-electron chi connectivity index (χ4n) is 1.74. The molecule has 0 fully saturated rings. The number of ether oxygens (including phenoxy) is 1. The van der Waals surface area contributed by atoms with Crippen LogP contribution in [0, 0.1) is 0 Å². The molecule has 1 aromatic carbocycles. The molecule has 0 atom stereocenters. The average molecular weight is 364 g/mol. The van der Waals surface area contributed by atoms with Crippen molar-refractivity contribution in [2.75, 3.05) is 16.8 Å². The molecule has 0 saturated heterocycles. The van der Waals surface area contributed by atoms with E-state index in [2.05, 4.69) is 15.9 Å². The largest absolute Gasteiger partial charge is 0.442 e. The number of primary amides is 1. The Morgan fingerprint density at radius 2 is 2.00 bits per heavy atom. The minimum absolute atomic E-state index is 0.130. The number of amides is 2.